The molecule has 0 aliphatic carbocycles. The third-order valence-corrected chi connectivity index (χ3v) is 4.28. The van der Waals surface area contributed by atoms with Crippen molar-refractivity contribution < 1.29 is 28.2 Å². The smallest absolute Gasteiger partial charge is 0.360 e. The fourth-order valence-corrected chi connectivity index (χ4v) is 2.58. The molecule has 0 aliphatic heterocycles. The van der Waals surface area contributed by atoms with Crippen LogP contribution < -0.4 is 14.8 Å². The molecule has 0 atom stereocenters. The molecule has 1 amide bonds. The van der Waals surface area contributed by atoms with E-state index in [1.165, 1.54) is 17.9 Å². The predicted molar refractivity (Wildman–Crippen MR) is 103 cm³/mol. The number of furan rings is 1. The van der Waals surface area contributed by atoms with Gasteiger partial charge in [0.1, 0.15) is 23.9 Å². The average Bonchev–Trinajstić information content (AvgIpc) is 3.32. The zero-order valence-corrected chi connectivity index (χ0v) is 16.5. The molecule has 0 fully saturated rings. The lowest BCUT2D eigenvalue weighted by molar-refractivity contribution is 0.0594. The van der Waals surface area contributed by atoms with Gasteiger partial charge in [-0.05, 0) is 43.3 Å². The lowest BCUT2D eigenvalue weighted by Gasteiger charge is -2.06. The highest BCUT2D eigenvalue weighted by molar-refractivity contribution is 6.06. The lowest BCUT2D eigenvalue weighted by atomic mass is 10.3. The molecule has 9 nitrogen and oxygen atoms in total. The maximum atomic E-state index is 12.5. The third kappa shape index (κ3) is 4.40. The number of hydrogen-bond acceptors (Lipinski definition) is 7. The number of amides is 1. The van der Waals surface area contributed by atoms with Crippen molar-refractivity contribution >= 4 is 17.6 Å². The Bertz CT molecular complexity index is 1020. The minimum absolute atomic E-state index is 0.0236. The molecule has 2 aromatic heterocycles. The number of aromatic nitrogens is 2. The van der Waals surface area contributed by atoms with E-state index in [4.69, 9.17) is 18.6 Å². The second-order valence-electron chi connectivity index (χ2n) is 6.11. The number of aryl methyl sites for hydroxylation is 1. The summed E-state index contributed by atoms with van der Waals surface area (Å²) in [6.07, 6.45) is 0. The van der Waals surface area contributed by atoms with Crippen LogP contribution in [0.15, 0.2) is 40.8 Å². The van der Waals surface area contributed by atoms with E-state index in [2.05, 4.69) is 10.4 Å². The molecular formula is C20H21N3O6. The van der Waals surface area contributed by atoms with E-state index in [-0.39, 0.29) is 23.7 Å². The summed E-state index contributed by atoms with van der Waals surface area (Å²) in [5.41, 5.74) is 0.903. The largest absolute Gasteiger partial charge is 0.497 e. The zero-order valence-electron chi connectivity index (χ0n) is 16.5. The van der Waals surface area contributed by atoms with E-state index < -0.39 is 11.9 Å². The molecule has 3 rings (SSSR count). The van der Waals surface area contributed by atoms with Crippen LogP contribution >= 0.6 is 0 Å². The van der Waals surface area contributed by atoms with E-state index in [1.807, 2.05) is 0 Å². The summed E-state index contributed by atoms with van der Waals surface area (Å²) >= 11 is 0. The first-order chi connectivity index (χ1) is 13.9. The number of nitrogens with one attached hydrogen (secondary N) is 1. The predicted octanol–water partition coefficient (Wildman–Crippen LogP) is 2.95. The van der Waals surface area contributed by atoms with Crippen LogP contribution in [0.3, 0.4) is 0 Å². The van der Waals surface area contributed by atoms with Gasteiger partial charge < -0.3 is 23.9 Å². The molecule has 0 radical (unpaired) electrons. The third-order valence-electron chi connectivity index (χ3n) is 4.28. The summed E-state index contributed by atoms with van der Waals surface area (Å²) in [5.74, 6) is 0.770. The van der Waals surface area contributed by atoms with Gasteiger partial charge in [-0.2, -0.15) is 5.10 Å². The molecule has 29 heavy (non-hydrogen) atoms. The molecule has 0 aliphatic rings. The lowest BCUT2D eigenvalue weighted by Crippen LogP contribution is -2.14. The Hall–Kier alpha value is -3.75. The number of ether oxygens (including phenoxy) is 3. The van der Waals surface area contributed by atoms with E-state index in [9.17, 15) is 9.59 Å². The molecule has 1 N–H and O–H groups in total. The van der Waals surface area contributed by atoms with Crippen LogP contribution in [-0.4, -0.2) is 35.9 Å². The highest BCUT2D eigenvalue weighted by Gasteiger charge is 2.23. The number of rotatable bonds is 7. The molecule has 2 heterocycles. The van der Waals surface area contributed by atoms with Gasteiger partial charge in [0.25, 0.3) is 5.91 Å². The normalized spacial score (nSPS) is 10.5. The number of esters is 1. The monoisotopic (exact) mass is 399 g/mol. The molecular weight excluding hydrogens is 378 g/mol. The Balaban J connectivity index is 1.67. The summed E-state index contributed by atoms with van der Waals surface area (Å²) in [6, 6.07) is 10.3. The van der Waals surface area contributed by atoms with Crippen molar-refractivity contribution in [3.63, 3.8) is 0 Å². The van der Waals surface area contributed by atoms with Crippen LogP contribution in [0.5, 0.6) is 11.5 Å². The van der Waals surface area contributed by atoms with E-state index >= 15 is 0 Å². The fourth-order valence-electron chi connectivity index (χ4n) is 2.58. The highest BCUT2D eigenvalue weighted by atomic mass is 16.5. The molecule has 1 aromatic carbocycles. The van der Waals surface area contributed by atoms with Crippen molar-refractivity contribution in [3.8, 4) is 11.5 Å². The molecule has 0 saturated carbocycles. The van der Waals surface area contributed by atoms with Crippen molar-refractivity contribution in [3.05, 3.63) is 59.3 Å². The number of anilines is 1. The number of nitrogens with zero attached hydrogens (tertiary/aromatic N) is 2. The van der Waals surface area contributed by atoms with Gasteiger partial charge >= 0.3 is 5.97 Å². The standard InChI is InChI=1S/C20H21N3O6/c1-12-17(18(20(25)27-4)22-23(12)2)21-19(24)16-10-9-15(29-16)11-28-14-7-5-13(26-3)6-8-14/h5-10H,11H2,1-4H3,(H,21,24). The van der Waals surface area contributed by atoms with Gasteiger partial charge in [-0.25, -0.2) is 4.79 Å². The van der Waals surface area contributed by atoms with Crippen molar-refractivity contribution in [2.45, 2.75) is 13.5 Å². The van der Waals surface area contributed by atoms with Gasteiger partial charge in [0, 0.05) is 7.05 Å². The summed E-state index contributed by atoms with van der Waals surface area (Å²) in [7, 11) is 4.50. The number of benzene rings is 1. The molecule has 3 aromatic rings. The van der Waals surface area contributed by atoms with Crippen molar-refractivity contribution in [2.24, 2.45) is 7.05 Å². The topological polar surface area (TPSA) is 105 Å². The number of carbonyl (C=O) groups is 2. The van der Waals surface area contributed by atoms with Crippen molar-refractivity contribution in [1.29, 1.82) is 0 Å². The molecule has 152 valence electrons. The van der Waals surface area contributed by atoms with Crippen molar-refractivity contribution in [2.75, 3.05) is 19.5 Å². The fraction of sp³-hybridized carbons (Fsp3) is 0.250. The summed E-state index contributed by atoms with van der Waals surface area (Å²) in [5, 5.41) is 6.74. The minimum atomic E-state index is -0.642. The zero-order chi connectivity index (χ0) is 21.0. The van der Waals surface area contributed by atoms with Gasteiger partial charge in [-0.15, -0.1) is 0 Å². The van der Waals surface area contributed by atoms with Crippen molar-refractivity contribution in [1.82, 2.24) is 9.78 Å². The van der Waals surface area contributed by atoms with Gasteiger partial charge in [0.05, 0.1) is 25.6 Å². The number of carbonyl (C=O) groups excluding carboxylic acids is 2. The SMILES string of the molecule is COC(=O)c1nn(C)c(C)c1NC(=O)c1ccc(COc2ccc(OC)cc2)o1. The van der Waals surface area contributed by atoms with Crippen LogP contribution in [0.4, 0.5) is 5.69 Å². The van der Waals surface area contributed by atoms with Gasteiger partial charge in [0.15, 0.2) is 11.5 Å². The Morgan fingerprint density at radius 2 is 1.79 bits per heavy atom. The van der Waals surface area contributed by atoms with E-state index in [1.54, 1.807) is 51.4 Å². The van der Waals surface area contributed by atoms with Crippen LogP contribution in [-0.2, 0) is 18.4 Å². The molecule has 0 spiro atoms. The number of methoxy groups -OCH3 is 2. The second-order valence-corrected chi connectivity index (χ2v) is 6.11. The van der Waals surface area contributed by atoms with E-state index in [0.29, 0.717) is 17.2 Å². The maximum Gasteiger partial charge on any atom is 0.360 e. The first kappa shape index (κ1) is 20.0. The van der Waals surface area contributed by atoms with Gasteiger partial charge in [0.2, 0.25) is 0 Å². The molecule has 9 heteroatoms. The summed E-state index contributed by atoms with van der Waals surface area (Å²) in [4.78, 5) is 24.4. The first-order valence-electron chi connectivity index (χ1n) is 8.71. The van der Waals surface area contributed by atoms with Crippen LogP contribution in [0.1, 0.15) is 32.5 Å². The quantitative estimate of drug-likeness (QED) is 0.609. The first-order valence-corrected chi connectivity index (χ1v) is 8.71. The molecule has 0 unspecified atom stereocenters. The molecule has 0 saturated heterocycles. The van der Waals surface area contributed by atoms with E-state index in [0.717, 1.165) is 5.75 Å². The Morgan fingerprint density at radius 1 is 1.10 bits per heavy atom. The molecule has 0 bridgehead atoms. The summed E-state index contributed by atoms with van der Waals surface area (Å²) < 4.78 is 22.5. The highest BCUT2D eigenvalue weighted by Crippen LogP contribution is 2.22. The minimum Gasteiger partial charge on any atom is -0.497 e. The van der Waals surface area contributed by atoms with Crippen LogP contribution in [0.2, 0.25) is 0 Å². The maximum absolute atomic E-state index is 12.5. The second kappa shape index (κ2) is 8.51. The Labute approximate surface area is 167 Å². The van der Waals surface area contributed by atoms with Crippen LogP contribution in [0.25, 0.3) is 0 Å². The van der Waals surface area contributed by atoms with Gasteiger partial charge in [-0.3, -0.25) is 9.48 Å². The number of hydrogen-bond donors (Lipinski definition) is 1. The van der Waals surface area contributed by atoms with Gasteiger partial charge in [-0.1, -0.05) is 0 Å². The van der Waals surface area contributed by atoms with Crippen LogP contribution in [0, 0.1) is 6.92 Å². The Morgan fingerprint density at radius 3 is 2.45 bits per heavy atom. The average molecular weight is 399 g/mol. The Kier molecular flexibility index (Phi) is 5.87. The summed E-state index contributed by atoms with van der Waals surface area (Å²) in [6.45, 7) is 1.88.